The van der Waals surface area contributed by atoms with Gasteiger partial charge in [0, 0.05) is 18.3 Å². The van der Waals surface area contributed by atoms with Crippen molar-refractivity contribution in [2.24, 2.45) is 4.99 Å². The molecule has 80 valence electrons. The normalized spacial score (nSPS) is 19.0. The van der Waals surface area contributed by atoms with Crippen LogP contribution in [0.5, 0.6) is 0 Å². The summed E-state index contributed by atoms with van der Waals surface area (Å²) in [5.41, 5.74) is 6.29. The minimum absolute atomic E-state index is 0.275. The first kappa shape index (κ1) is 10.8. The van der Waals surface area contributed by atoms with Crippen LogP contribution in [0, 0.1) is 0 Å². The van der Waals surface area contributed by atoms with Gasteiger partial charge in [-0.3, -0.25) is 5.43 Å². The molecule has 1 heterocycles. The third kappa shape index (κ3) is 3.66. The van der Waals surface area contributed by atoms with Crippen LogP contribution >= 0.6 is 0 Å². The molecule has 0 atom stereocenters. The average Bonchev–Trinajstić information content (AvgIpc) is 2.01. The average molecular weight is 197 g/mol. The van der Waals surface area contributed by atoms with E-state index in [9.17, 15) is 0 Å². The van der Waals surface area contributed by atoms with E-state index in [4.69, 9.17) is 0 Å². The summed E-state index contributed by atoms with van der Waals surface area (Å²) in [6.45, 7) is 8.23. The third-order valence-corrected chi connectivity index (χ3v) is 1.45. The van der Waals surface area contributed by atoms with E-state index in [-0.39, 0.29) is 6.04 Å². The molecule has 14 heavy (non-hydrogen) atoms. The van der Waals surface area contributed by atoms with Crippen LogP contribution in [-0.4, -0.2) is 23.2 Å². The predicted octanol–water partition coefficient (Wildman–Crippen LogP) is 0.545. The molecule has 0 bridgehead atoms. The molecule has 3 N–H and O–H groups in total. The summed E-state index contributed by atoms with van der Waals surface area (Å²) in [4.78, 5) is 4.36. The van der Waals surface area contributed by atoms with Crippen molar-refractivity contribution in [3.05, 3.63) is 12.4 Å². The summed E-state index contributed by atoms with van der Waals surface area (Å²) >= 11 is 0. The fourth-order valence-corrected chi connectivity index (χ4v) is 1.05. The van der Waals surface area contributed by atoms with Gasteiger partial charge in [0.05, 0.1) is 6.20 Å². The molecule has 0 fully saturated rings. The molecular weight excluding hydrogens is 178 g/mol. The van der Waals surface area contributed by atoms with Crippen LogP contribution in [0.2, 0.25) is 0 Å². The number of nitrogens with one attached hydrogen (secondary N) is 3. The molecule has 0 radical (unpaired) electrons. The van der Waals surface area contributed by atoms with E-state index < -0.39 is 0 Å². The Labute approximate surface area is 85.2 Å². The summed E-state index contributed by atoms with van der Waals surface area (Å²) < 4.78 is 0. The number of aliphatic imine (C=N–C) groups is 1. The maximum atomic E-state index is 4.36. The Kier molecular flexibility index (Phi) is 3.76. The zero-order valence-corrected chi connectivity index (χ0v) is 9.20. The van der Waals surface area contributed by atoms with Gasteiger partial charge < -0.3 is 5.32 Å². The first-order valence-electron chi connectivity index (χ1n) is 4.91. The van der Waals surface area contributed by atoms with Crippen molar-refractivity contribution in [2.45, 2.75) is 39.8 Å². The van der Waals surface area contributed by atoms with Crippen LogP contribution in [0.1, 0.15) is 27.7 Å². The summed E-state index contributed by atoms with van der Waals surface area (Å²) in [5, 5.41) is 4.82. The molecule has 0 saturated heterocycles. The molecule has 1 aliphatic heterocycles. The van der Waals surface area contributed by atoms with Gasteiger partial charge >= 0.3 is 0 Å². The molecule has 0 amide bonds. The molecule has 0 spiro atoms. The highest BCUT2D eigenvalue weighted by Crippen LogP contribution is 1.91. The molecular formula is C9H19N5. The smallest absolute Gasteiger partial charge is 0.216 e. The highest BCUT2D eigenvalue weighted by Gasteiger charge is 2.08. The lowest BCUT2D eigenvalue weighted by molar-refractivity contribution is 0.199. The summed E-state index contributed by atoms with van der Waals surface area (Å²) in [6.07, 6.45) is 3.71. The number of hydrazine groups is 2. The zero-order valence-electron chi connectivity index (χ0n) is 9.20. The van der Waals surface area contributed by atoms with E-state index in [1.807, 2.05) is 26.2 Å². The van der Waals surface area contributed by atoms with Gasteiger partial charge in [0.25, 0.3) is 0 Å². The molecule has 0 unspecified atom stereocenters. The lowest BCUT2D eigenvalue weighted by atomic mass is 10.4. The lowest BCUT2D eigenvalue weighted by Gasteiger charge is -2.29. The minimum Gasteiger partial charge on any atom is -0.330 e. The number of hydrogen-bond acceptors (Lipinski definition) is 3. The summed E-state index contributed by atoms with van der Waals surface area (Å²) in [7, 11) is 0. The second-order valence-electron chi connectivity index (χ2n) is 3.80. The first-order chi connectivity index (χ1) is 6.58. The van der Waals surface area contributed by atoms with Gasteiger partial charge in [-0.25, -0.2) is 15.5 Å². The van der Waals surface area contributed by atoms with Crippen LogP contribution in [0.4, 0.5) is 0 Å². The van der Waals surface area contributed by atoms with Crippen molar-refractivity contribution < 1.29 is 0 Å². The Hall–Kier alpha value is -1.23. The van der Waals surface area contributed by atoms with Gasteiger partial charge in [-0.15, -0.1) is 0 Å². The Morgan fingerprint density at radius 2 is 2.07 bits per heavy atom. The first-order valence-corrected chi connectivity index (χ1v) is 4.91. The fraction of sp³-hybridized carbons (Fsp3) is 0.667. The Morgan fingerprint density at radius 3 is 2.64 bits per heavy atom. The second-order valence-corrected chi connectivity index (χ2v) is 3.80. The van der Waals surface area contributed by atoms with Crippen molar-refractivity contribution in [1.29, 1.82) is 0 Å². The molecule has 1 rings (SSSR count). The monoisotopic (exact) mass is 197 g/mol. The van der Waals surface area contributed by atoms with Gasteiger partial charge in [0.2, 0.25) is 5.96 Å². The van der Waals surface area contributed by atoms with Crippen molar-refractivity contribution >= 4 is 5.96 Å². The van der Waals surface area contributed by atoms with Crippen molar-refractivity contribution in [2.75, 3.05) is 0 Å². The Bertz CT molecular complexity index is 231. The molecule has 0 aromatic heterocycles. The van der Waals surface area contributed by atoms with Crippen LogP contribution in [0.25, 0.3) is 0 Å². The van der Waals surface area contributed by atoms with E-state index >= 15 is 0 Å². The maximum absolute atomic E-state index is 4.36. The van der Waals surface area contributed by atoms with Gasteiger partial charge in [-0.1, -0.05) is 0 Å². The van der Waals surface area contributed by atoms with Crippen LogP contribution < -0.4 is 16.2 Å². The lowest BCUT2D eigenvalue weighted by Crippen LogP contribution is -2.55. The van der Waals surface area contributed by atoms with Gasteiger partial charge in [-0.2, -0.15) is 0 Å². The SMILES string of the molecule is CC(C)N=C1NC=CN(NC(C)C)N1. The molecule has 0 aromatic rings. The van der Waals surface area contributed by atoms with Crippen molar-refractivity contribution in [1.82, 2.24) is 21.3 Å². The van der Waals surface area contributed by atoms with Gasteiger partial charge in [0.1, 0.15) is 0 Å². The molecule has 0 saturated carbocycles. The highest BCUT2D eigenvalue weighted by atomic mass is 15.7. The maximum Gasteiger partial charge on any atom is 0.216 e. The third-order valence-electron chi connectivity index (χ3n) is 1.45. The fourth-order valence-electron chi connectivity index (χ4n) is 1.05. The van der Waals surface area contributed by atoms with E-state index in [1.54, 1.807) is 5.12 Å². The van der Waals surface area contributed by atoms with Crippen LogP contribution in [-0.2, 0) is 0 Å². The predicted molar refractivity (Wildman–Crippen MR) is 58.1 cm³/mol. The zero-order chi connectivity index (χ0) is 10.6. The van der Waals surface area contributed by atoms with Gasteiger partial charge in [0.15, 0.2) is 0 Å². The highest BCUT2D eigenvalue weighted by molar-refractivity contribution is 5.81. The number of rotatable bonds is 3. The summed E-state index contributed by atoms with van der Waals surface area (Å²) in [6, 6.07) is 0.656. The molecule has 5 nitrogen and oxygen atoms in total. The van der Waals surface area contributed by atoms with Crippen molar-refractivity contribution in [3.63, 3.8) is 0 Å². The molecule has 5 heteroatoms. The number of guanidine groups is 1. The quantitative estimate of drug-likeness (QED) is 0.618. The van der Waals surface area contributed by atoms with Crippen molar-refractivity contribution in [3.8, 4) is 0 Å². The minimum atomic E-state index is 0.275. The summed E-state index contributed by atoms with van der Waals surface area (Å²) in [5.74, 6) is 0.760. The largest absolute Gasteiger partial charge is 0.330 e. The van der Waals surface area contributed by atoms with E-state index in [2.05, 4.69) is 35.0 Å². The topological polar surface area (TPSA) is 51.7 Å². The van der Waals surface area contributed by atoms with Crippen LogP contribution in [0.15, 0.2) is 17.4 Å². The van der Waals surface area contributed by atoms with E-state index in [0.717, 1.165) is 5.96 Å². The van der Waals surface area contributed by atoms with E-state index in [1.165, 1.54) is 0 Å². The number of nitrogens with zero attached hydrogens (tertiary/aromatic N) is 2. The molecule has 1 aliphatic rings. The van der Waals surface area contributed by atoms with Gasteiger partial charge in [-0.05, 0) is 27.7 Å². The molecule has 0 aromatic carbocycles. The second kappa shape index (κ2) is 4.85. The Balaban J connectivity index is 2.51. The standard InChI is InChI=1S/C9H19N5/c1-7(2)11-9-10-5-6-14(13-9)12-8(3)4/h5-8,12H,1-4H3,(H2,10,11,13). The molecule has 0 aliphatic carbocycles. The van der Waals surface area contributed by atoms with E-state index in [0.29, 0.717) is 6.04 Å². The number of hydrogen-bond donors (Lipinski definition) is 3. The van der Waals surface area contributed by atoms with Crippen LogP contribution in [0.3, 0.4) is 0 Å². The Morgan fingerprint density at radius 1 is 1.36 bits per heavy atom.